The summed E-state index contributed by atoms with van der Waals surface area (Å²) in [5.41, 5.74) is 1.12. The Morgan fingerprint density at radius 2 is 2.20 bits per heavy atom. The SMILES string of the molecule is CCN(CC)C(C)CNC(=NC)N1CCOC(c2cnn(C)c2)C1.I. The van der Waals surface area contributed by atoms with Crippen molar-refractivity contribution in [2.24, 2.45) is 12.0 Å². The van der Waals surface area contributed by atoms with E-state index in [1.165, 1.54) is 0 Å². The van der Waals surface area contributed by atoms with Crippen LogP contribution in [0.5, 0.6) is 0 Å². The highest BCUT2D eigenvalue weighted by molar-refractivity contribution is 14.0. The van der Waals surface area contributed by atoms with Crippen molar-refractivity contribution in [3.8, 4) is 0 Å². The number of nitrogens with one attached hydrogen (secondary N) is 1. The van der Waals surface area contributed by atoms with E-state index in [2.05, 4.69) is 46.0 Å². The average Bonchev–Trinajstić information content (AvgIpc) is 3.03. The Hall–Kier alpha value is -0.870. The molecule has 1 saturated heterocycles. The summed E-state index contributed by atoms with van der Waals surface area (Å²) in [5, 5.41) is 7.77. The van der Waals surface area contributed by atoms with Crippen LogP contribution in [0.2, 0.25) is 0 Å². The highest BCUT2D eigenvalue weighted by Gasteiger charge is 2.25. The fourth-order valence-electron chi connectivity index (χ4n) is 3.20. The molecule has 0 bridgehead atoms. The Kier molecular flexibility index (Phi) is 9.73. The smallest absolute Gasteiger partial charge is 0.193 e. The molecule has 1 aliphatic heterocycles. The maximum absolute atomic E-state index is 5.91. The standard InChI is InChI=1S/C17H32N6O.HI/c1-6-22(7-2)14(3)10-19-17(18-4)23-8-9-24-16(13-23)15-11-20-21(5)12-15;/h11-12,14,16H,6-10,13H2,1-5H3,(H,18,19);1H. The summed E-state index contributed by atoms with van der Waals surface area (Å²) < 4.78 is 7.73. The van der Waals surface area contributed by atoms with Crippen molar-refractivity contribution in [1.29, 1.82) is 0 Å². The van der Waals surface area contributed by atoms with E-state index in [1.54, 1.807) is 0 Å². The molecule has 1 aromatic rings. The van der Waals surface area contributed by atoms with Crippen LogP contribution in [0.1, 0.15) is 32.4 Å². The van der Waals surface area contributed by atoms with Gasteiger partial charge >= 0.3 is 0 Å². The van der Waals surface area contributed by atoms with Crippen LogP contribution in [0.25, 0.3) is 0 Å². The maximum Gasteiger partial charge on any atom is 0.193 e. The second-order valence-electron chi connectivity index (χ2n) is 6.25. The Balaban J connectivity index is 0.00000312. The number of morpholine rings is 1. The molecular formula is C17H33IN6O. The molecule has 2 unspecified atom stereocenters. The molecule has 0 saturated carbocycles. The molecule has 8 heteroatoms. The number of hydrogen-bond donors (Lipinski definition) is 1. The Morgan fingerprint density at radius 1 is 1.48 bits per heavy atom. The fraction of sp³-hybridized carbons (Fsp3) is 0.765. The predicted molar refractivity (Wildman–Crippen MR) is 113 cm³/mol. The van der Waals surface area contributed by atoms with Gasteiger partial charge in [-0.15, -0.1) is 24.0 Å². The van der Waals surface area contributed by atoms with Gasteiger partial charge in [-0.05, 0) is 20.0 Å². The van der Waals surface area contributed by atoms with Crippen molar-refractivity contribution in [2.75, 3.05) is 46.4 Å². The molecule has 144 valence electrons. The van der Waals surface area contributed by atoms with Crippen LogP contribution >= 0.6 is 24.0 Å². The molecule has 1 aliphatic rings. The third-order valence-electron chi connectivity index (χ3n) is 4.67. The first kappa shape index (κ1) is 22.2. The first-order valence-electron chi connectivity index (χ1n) is 8.88. The molecule has 0 radical (unpaired) electrons. The van der Waals surface area contributed by atoms with Crippen LogP contribution in [0.4, 0.5) is 0 Å². The van der Waals surface area contributed by atoms with Gasteiger partial charge < -0.3 is 15.0 Å². The fourth-order valence-corrected chi connectivity index (χ4v) is 3.20. The molecule has 1 N–H and O–H groups in total. The molecule has 0 spiro atoms. The summed E-state index contributed by atoms with van der Waals surface area (Å²) in [6.45, 7) is 12.0. The summed E-state index contributed by atoms with van der Waals surface area (Å²) in [6.07, 6.45) is 3.95. The molecule has 2 heterocycles. The molecule has 0 aliphatic carbocycles. The first-order chi connectivity index (χ1) is 11.6. The molecule has 1 fully saturated rings. The molecule has 2 rings (SSSR count). The van der Waals surface area contributed by atoms with Gasteiger partial charge in [-0.25, -0.2) is 0 Å². The number of likely N-dealkylation sites (N-methyl/N-ethyl adjacent to an activating group) is 1. The van der Waals surface area contributed by atoms with Gasteiger partial charge in [0.2, 0.25) is 0 Å². The summed E-state index contributed by atoms with van der Waals surface area (Å²) in [6, 6.07) is 0.479. The van der Waals surface area contributed by atoms with E-state index >= 15 is 0 Å². The van der Waals surface area contributed by atoms with Crippen molar-refractivity contribution in [3.63, 3.8) is 0 Å². The third kappa shape index (κ3) is 6.10. The molecule has 0 amide bonds. The lowest BCUT2D eigenvalue weighted by molar-refractivity contribution is -0.00811. The van der Waals surface area contributed by atoms with E-state index in [1.807, 2.05) is 31.2 Å². The zero-order chi connectivity index (χ0) is 17.5. The molecule has 25 heavy (non-hydrogen) atoms. The van der Waals surface area contributed by atoms with E-state index in [9.17, 15) is 0 Å². The lowest BCUT2D eigenvalue weighted by Gasteiger charge is -2.35. The first-order valence-corrected chi connectivity index (χ1v) is 8.88. The number of aliphatic imine (C=N–C) groups is 1. The zero-order valence-electron chi connectivity index (χ0n) is 16.1. The van der Waals surface area contributed by atoms with Crippen LogP contribution in [0, 0.1) is 0 Å². The van der Waals surface area contributed by atoms with Gasteiger partial charge in [0.25, 0.3) is 0 Å². The van der Waals surface area contributed by atoms with E-state index in [0.717, 1.165) is 44.2 Å². The summed E-state index contributed by atoms with van der Waals surface area (Å²) in [5.74, 6) is 0.950. The van der Waals surface area contributed by atoms with Crippen molar-refractivity contribution in [1.82, 2.24) is 24.9 Å². The molecule has 1 aromatic heterocycles. The Bertz CT molecular complexity index is 531. The van der Waals surface area contributed by atoms with Gasteiger partial charge in [-0.3, -0.25) is 14.6 Å². The number of aryl methyl sites for hydroxylation is 1. The number of ether oxygens (including phenoxy) is 1. The zero-order valence-corrected chi connectivity index (χ0v) is 18.4. The summed E-state index contributed by atoms with van der Waals surface area (Å²) >= 11 is 0. The molecule has 7 nitrogen and oxygen atoms in total. The van der Waals surface area contributed by atoms with E-state index in [-0.39, 0.29) is 30.1 Å². The minimum atomic E-state index is 0. The van der Waals surface area contributed by atoms with E-state index in [0.29, 0.717) is 12.6 Å². The van der Waals surface area contributed by atoms with Crippen molar-refractivity contribution < 1.29 is 4.74 Å². The minimum absolute atomic E-state index is 0. The number of hydrogen-bond acceptors (Lipinski definition) is 4. The van der Waals surface area contributed by atoms with Crippen LogP contribution in [0.15, 0.2) is 17.4 Å². The number of nitrogens with zero attached hydrogens (tertiary/aromatic N) is 5. The second-order valence-corrected chi connectivity index (χ2v) is 6.25. The lowest BCUT2D eigenvalue weighted by atomic mass is 10.1. The Morgan fingerprint density at radius 3 is 2.76 bits per heavy atom. The van der Waals surface area contributed by atoms with Crippen LogP contribution in [0.3, 0.4) is 0 Å². The van der Waals surface area contributed by atoms with Crippen LogP contribution < -0.4 is 5.32 Å². The van der Waals surface area contributed by atoms with Gasteiger partial charge in [-0.1, -0.05) is 13.8 Å². The minimum Gasteiger partial charge on any atom is -0.370 e. The van der Waals surface area contributed by atoms with E-state index < -0.39 is 0 Å². The number of aromatic nitrogens is 2. The lowest BCUT2D eigenvalue weighted by Crippen LogP contribution is -2.51. The van der Waals surface area contributed by atoms with Gasteiger partial charge in [0.05, 0.1) is 19.3 Å². The van der Waals surface area contributed by atoms with Gasteiger partial charge in [0, 0.05) is 45.0 Å². The topological polar surface area (TPSA) is 57.9 Å². The largest absolute Gasteiger partial charge is 0.370 e. The van der Waals surface area contributed by atoms with Crippen molar-refractivity contribution in [3.05, 3.63) is 18.0 Å². The van der Waals surface area contributed by atoms with Crippen LogP contribution in [-0.2, 0) is 11.8 Å². The van der Waals surface area contributed by atoms with Gasteiger partial charge in [-0.2, -0.15) is 5.10 Å². The summed E-state index contributed by atoms with van der Waals surface area (Å²) in [4.78, 5) is 9.18. The molecule has 2 atom stereocenters. The monoisotopic (exact) mass is 464 g/mol. The normalized spacial score (nSPS) is 19.7. The maximum atomic E-state index is 5.91. The second kappa shape index (κ2) is 11.0. The van der Waals surface area contributed by atoms with Gasteiger partial charge in [0.15, 0.2) is 5.96 Å². The highest BCUT2D eigenvalue weighted by atomic mass is 127. The summed E-state index contributed by atoms with van der Waals surface area (Å²) in [7, 11) is 3.78. The van der Waals surface area contributed by atoms with Crippen LogP contribution in [-0.4, -0.2) is 78.0 Å². The van der Waals surface area contributed by atoms with Crippen molar-refractivity contribution >= 4 is 29.9 Å². The third-order valence-corrected chi connectivity index (χ3v) is 4.67. The Labute approximate surface area is 168 Å². The van der Waals surface area contributed by atoms with Crippen molar-refractivity contribution in [2.45, 2.75) is 32.9 Å². The predicted octanol–water partition coefficient (Wildman–Crippen LogP) is 1.72. The van der Waals surface area contributed by atoms with Gasteiger partial charge in [0.1, 0.15) is 6.10 Å². The number of rotatable bonds is 6. The average molecular weight is 464 g/mol. The molecule has 0 aromatic carbocycles. The highest BCUT2D eigenvalue weighted by Crippen LogP contribution is 2.21. The molecular weight excluding hydrogens is 431 g/mol. The number of guanidine groups is 1. The number of halogens is 1. The van der Waals surface area contributed by atoms with E-state index in [4.69, 9.17) is 4.74 Å². The quantitative estimate of drug-likeness (QED) is 0.395.